The van der Waals surface area contributed by atoms with Crippen LogP contribution < -0.4 is 9.47 Å². The lowest BCUT2D eigenvalue weighted by Crippen LogP contribution is -2.35. The Morgan fingerprint density at radius 2 is 2.00 bits per heavy atom. The first-order chi connectivity index (χ1) is 8.20. The summed E-state index contributed by atoms with van der Waals surface area (Å²) < 4.78 is 11.0. The number of phenols is 1. The van der Waals surface area contributed by atoms with Crippen LogP contribution in [0.3, 0.4) is 0 Å². The number of hydrogen-bond donors (Lipinski definition) is 1. The van der Waals surface area contributed by atoms with Crippen LogP contribution >= 0.6 is 0 Å². The lowest BCUT2D eigenvalue weighted by molar-refractivity contribution is 0.108. The van der Waals surface area contributed by atoms with Gasteiger partial charge in [-0.25, -0.2) is 0 Å². The normalized spacial score (nSPS) is 18.0. The van der Waals surface area contributed by atoms with E-state index in [-0.39, 0.29) is 11.9 Å². The predicted octanol–water partition coefficient (Wildman–Crippen LogP) is 1.87. The summed E-state index contributed by atoms with van der Waals surface area (Å²) in [6.07, 6.45) is 2.12. The highest BCUT2D eigenvalue weighted by Crippen LogP contribution is 2.37. The molecular formula is C13H19NO3. The molecule has 1 aliphatic heterocycles. The van der Waals surface area contributed by atoms with Gasteiger partial charge in [0.05, 0.1) is 7.11 Å². The summed E-state index contributed by atoms with van der Waals surface area (Å²) in [5, 5.41) is 9.79. The van der Waals surface area contributed by atoms with E-state index in [2.05, 4.69) is 11.9 Å². The molecule has 0 unspecified atom stereocenters. The number of para-hydroxylation sites is 1. The molecule has 1 saturated heterocycles. The van der Waals surface area contributed by atoms with Crippen molar-refractivity contribution < 1.29 is 14.6 Å². The summed E-state index contributed by atoms with van der Waals surface area (Å²) in [5.41, 5.74) is 0. The van der Waals surface area contributed by atoms with Gasteiger partial charge < -0.3 is 19.5 Å². The molecule has 1 N–H and O–H groups in total. The summed E-state index contributed by atoms with van der Waals surface area (Å²) in [6.45, 7) is 2.06. The summed E-state index contributed by atoms with van der Waals surface area (Å²) in [4.78, 5) is 2.28. The third-order valence-electron chi connectivity index (χ3n) is 3.13. The second-order valence-corrected chi connectivity index (χ2v) is 4.43. The summed E-state index contributed by atoms with van der Waals surface area (Å²) in [7, 11) is 3.69. The molecule has 0 atom stereocenters. The van der Waals surface area contributed by atoms with Gasteiger partial charge in [-0.05, 0) is 32.0 Å². The van der Waals surface area contributed by atoms with Gasteiger partial charge in [0, 0.05) is 13.1 Å². The number of phenolic OH excluding ortho intramolecular Hbond substituents is 1. The zero-order chi connectivity index (χ0) is 12.3. The summed E-state index contributed by atoms with van der Waals surface area (Å²) in [5.74, 6) is 1.19. The minimum absolute atomic E-state index is 0.142. The number of nitrogens with zero attached hydrogens (tertiary/aromatic N) is 1. The minimum atomic E-state index is 0.142. The van der Waals surface area contributed by atoms with Gasteiger partial charge in [0.25, 0.3) is 0 Å². The largest absolute Gasteiger partial charge is 0.504 e. The highest BCUT2D eigenvalue weighted by Gasteiger charge is 2.21. The molecule has 0 amide bonds. The molecule has 2 rings (SSSR count). The molecule has 0 aromatic heterocycles. The van der Waals surface area contributed by atoms with Gasteiger partial charge in [0.15, 0.2) is 11.5 Å². The molecular weight excluding hydrogens is 218 g/mol. The maximum absolute atomic E-state index is 9.79. The Kier molecular flexibility index (Phi) is 3.74. The van der Waals surface area contributed by atoms with E-state index < -0.39 is 0 Å². The van der Waals surface area contributed by atoms with Crippen molar-refractivity contribution in [2.24, 2.45) is 0 Å². The van der Waals surface area contributed by atoms with E-state index in [1.54, 1.807) is 25.3 Å². The van der Waals surface area contributed by atoms with E-state index in [4.69, 9.17) is 9.47 Å². The monoisotopic (exact) mass is 237 g/mol. The van der Waals surface area contributed by atoms with Crippen LogP contribution in [0.4, 0.5) is 0 Å². The van der Waals surface area contributed by atoms with Crippen LogP contribution in [0.15, 0.2) is 18.2 Å². The first-order valence-corrected chi connectivity index (χ1v) is 5.92. The van der Waals surface area contributed by atoms with E-state index in [1.165, 1.54) is 0 Å². The lowest BCUT2D eigenvalue weighted by atomic mass is 10.1. The molecule has 0 aliphatic carbocycles. The van der Waals surface area contributed by atoms with Gasteiger partial charge in [-0.3, -0.25) is 0 Å². The van der Waals surface area contributed by atoms with Gasteiger partial charge in [0.1, 0.15) is 6.10 Å². The van der Waals surface area contributed by atoms with Crippen LogP contribution in [0.1, 0.15) is 12.8 Å². The SMILES string of the molecule is COc1cccc(O)c1OC1CCN(C)CC1. The van der Waals surface area contributed by atoms with E-state index in [0.29, 0.717) is 11.5 Å². The minimum Gasteiger partial charge on any atom is -0.504 e. The Balaban J connectivity index is 2.07. The van der Waals surface area contributed by atoms with Gasteiger partial charge >= 0.3 is 0 Å². The van der Waals surface area contributed by atoms with Crippen molar-refractivity contribution in [3.8, 4) is 17.2 Å². The van der Waals surface area contributed by atoms with E-state index >= 15 is 0 Å². The third-order valence-corrected chi connectivity index (χ3v) is 3.13. The zero-order valence-electron chi connectivity index (χ0n) is 10.3. The van der Waals surface area contributed by atoms with Gasteiger partial charge in [-0.1, -0.05) is 6.07 Å². The highest BCUT2D eigenvalue weighted by atomic mass is 16.5. The molecule has 1 aromatic carbocycles. The van der Waals surface area contributed by atoms with Crippen LogP contribution in [0.2, 0.25) is 0 Å². The maximum atomic E-state index is 9.79. The van der Waals surface area contributed by atoms with Crippen LogP contribution in [0, 0.1) is 0 Å². The molecule has 0 radical (unpaired) electrons. The molecule has 1 heterocycles. The van der Waals surface area contributed by atoms with Crippen molar-refractivity contribution in [1.29, 1.82) is 0 Å². The van der Waals surface area contributed by atoms with Crippen molar-refractivity contribution in [2.45, 2.75) is 18.9 Å². The van der Waals surface area contributed by atoms with Gasteiger partial charge in [-0.2, -0.15) is 0 Å². The van der Waals surface area contributed by atoms with Crippen molar-refractivity contribution in [3.63, 3.8) is 0 Å². The first kappa shape index (κ1) is 12.0. The fourth-order valence-electron chi connectivity index (χ4n) is 2.05. The number of piperidine rings is 1. The van der Waals surface area contributed by atoms with Gasteiger partial charge in [-0.15, -0.1) is 0 Å². The van der Waals surface area contributed by atoms with Crippen LogP contribution in [-0.2, 0) is 0 Å². The molecule has 0 spiro atoms. The number of methoxy groups -OCH3 is 1. The number of hydrogen-bond acceptors (Lipinski definition) is 4. The molecule has 0 bridgehead atoms. The number of aromatic hydroxyl groups is 1. The zero-order valence-corrected chi connectivity index (χ0v) is 10.3. The lowest BCUT2D eigenvalue weighted by Gasteiger charge is -2.29. The number of ether oxygens (including phenoxy) is 2. The second-order valence-electron chi connectivity index (χ2n) is 4.43. The molecule has 4 heteroatoms. The molecule has 0 saturated carbocycles. The fraction of sp³-hybridized carbons (Fsp3) is 0.538. The van der Waals surface area contributed by atoms with Crippen molar-refractivity contribution in [3.05, 3.63) is 18.2 Å². The van der Waals surface area contributed by atoms with Gasteiger partial charge in [0.2, 0.25) is 5.75 Å². The molecule has 1 aromatic rings. The third kappa shape index (κ3) is 2.82. The molecule has 17 heavy (non-hydrogen) atoms. The molecule has 1 aliphatic rings. The van der Waals surface area contributed by atoms with Crippen molar-refractivity contribution in [2.75, 3.05) is 27.2 Å². The maximum Gasteiger partial charge on any atom is 0.203 e. The topological polar surface area (TPSA) is 41.9 Å². The van der Waals surface area contributed by atoms with E-state index in [1.807, 2.05) is 0 Å². The van der Waals surface area contributed by atoms with E-state index in [9.17, 15) is 5.11 Å². The van der Waals surface area contributed by atoms with Crippen molar-refractivity contribution >= 4 is 0 Å². The Morgan fingerprint density at radius 1 is 1.29 bits per heavy atom. The Hall–Kier alpha value is -1.42. The first-order valence-electron chi connectivity index (χ1n) is 5.92. The Bertz CT molecular complexity index is 373. The number of rotatable bonds is 3. The average molecular weight is 237 g/mol. The number of likely N-dealkylation sites (tertiary alicyclic amines) is 1. The second kappa shape index (κ2) is 5.27. The predicted molar refractivity (Wildman–Crippen MR) is 65.8 cm³/mol. The fourth-order valence-corrected chi connectivity index (χ4v) is 2.05. The van der Waals surface area contributed by atoms with E-state index in [0.717, 1.165) is 25.9 Å². The van der Waals surface area contributed by atoms with Crippen LogP contribution in [0.25, 0.3) is 0 Å². The van der Waals surface area contributed by atoms with Crippen molar-refractivity contribution in [1.82, 2.24) is 4.90 Å². The molecule has 94 valence electrons. The summed E-state index contributed by atoms with van der Waals surface area (Å²) >= 11 is 0. The highest BCUT2D eigenvalue weighted by molar-refractivity contribution is 5.50. The number of benzene rings is 1. The van der Waals surface area contributed by atoms with Crippen LogP contribution in [0.5, 0.6) is 17.2 Å². The van der Waals surface area contributed by atoms with Crippen LogP contribution in [-0.4, -0.2) is 43.4 Å². The molecule has 4 nitrogen and oxygen atoms in total. The standard InChI is InChI=1S/C13H19NO3/c1-14-8-6-10(7-9-14)17-13-11(15)4-3-5-12(13)16-2/h3-5,10,15H,6-9H2,1-2H3. The quantitative estimate of drug-likeness (QED) is 0.871. The molecule has 1 fully saturated rings. The summed E-state index contributed by atoms with van der Waals surface area (Å²) in [6, 6.07) is 5.16. The average Bonchev–Trinajstić information content (AvgIpc) is 2.34. The Labute approximate surface area is 102 Å². The Morgan fingerprint density at radius 3 is 2.65 bits per heavy atom. The smallest absolute Gasteiger partial charge is 0.203 e.